The Labute approximate surface area is 182 Å². The molecule has 158 valence electrons. The Morgan fingerprint density at radius 1 is 1.03 bits per heavy atom. The van der Waals surface area contributed by atoms with Crippen LogP contribution in [0.2, 0.25) is 5.15 Å². The molecule has 0 fully saturated rings. The predicted molar refractivity (Wildman–Crippen MR) is 120 cm³/mol. The van der Waals surface area contributed by atoms with Crippen molar-refractivity contribution in [3.63, 3.8) is 0 Å². The van der Waals surface area contributed by atoms with Crippen LogP contribution >= 0.6 is 11.6 Å². The number of aryl methyl sites for hydroxylation is 1. The third kappa shape index (κ3) is 6.56. The maximum absolute atomic E-state index is 5.83. The van der Waals surface area contributed by atoms with Crippen LogP contribution in [0.1, 0.15) is 30.8 Å². The van der Waals surface area contributed by atoms with Crippen molar-refractivity contribution in [1.29, 1.82) is 0 Å². The number of nitrogens with one attached hydrogen (secondary N) is 2. The van der Waals surface area contributed by atoms with Gasteiger partial charge in [-0.05, 0) is 49.1 Å². The van der Waals surface area contributed by atoms with E-state index in [0.29, 0.717) is 17.6 Å². The fraction of sp³-hybridized carbons (Fsp3) is 0.364. The molecule has 3 aromatic rings. The second-order valence-corrected chi connectivity index (χ2v) is 7.13. The number of hydrogen-bond acceptors (Lipinski definition) is 5. The highest BCUT2D eigenvalue weighted by molar-refractivity contribution is 6.29. The van der Waals surface area contributed by atoms with Crippen LogP contribution in [0.5, 0.6) is 0 Å². The van der Waals surface area contributed by atoms with Crippen molar-refractivity contribution in [2.24, 2.45) is 4.99 Å². The molecule has 30 heavy (non-hydrogen) atoms. The quantitative estimate of drug-likeness (QED) is 0.308. The van der Waals surface area contributed by atoms with Crippen LogP contribution in [0, 0.1) is 0 Å². The van der Waals surface area contributed by atoms with Gasteiger partial charge in [-0.15, -0.1) is 0 Å². The topological polar surface area (TPSA) is 88.2 Å². The minimum Gasteiger partial charge on any atom is -0.357 e. The Hall–Kier alpha value is -2.93. The number of aliphatic imine (C=N–C) groups is 1. The van der Waals surface area contributed by atoms with E-state index in [4.69, 9.17) is 16.1 Å². The highest BCUT2D eigenvalue weighted by Crippen LogP contribution is 2.18. The molecule has 0 radical (unpaired) electrons. The first kappa shape index (κ1) is 21.8. The van der Waals surface area contributed by atoms with E-state index in [9.17, 15) is 0 Å². The second-order valence-electron chi connectivity index (χ2n) is 6.74. The molecule has 0 amide bonds. The molecule has 2 heterocycles. The van der Waals surface area contributed by atoms with Crippen LogP contribution in [0.25, 0.3) is 11.5 Å². The zero-order chi connectivity index (χ0) is 21.2. The molecule has 2 N–H and O–H groups in total. The molecule has 7 nitrogen and oxygen atoms in total. The van der Waals surface area contributed by atoms with Gasteiger partial charge in [-0.25, -0.2) is 4.98 Å². The fourth-order valence-electron chi connectivity index (χ4n) is 2.85. The van der Waals surface area contributed by atoms with E-state index in [-0.39, 0.29) is 0 Å². The van der Waals surface area contributed by atoms with Gasteiger partial charge in [-0.3, -0.25) is 4.99 Å². The van der Waals surface area contributed by atoms with Crippen LogP contribution in [0.3, 0.4) is 0 Å². The summed E-state index contributed by atoms with van der Waals surface area (Å²) >= 11 is 5.83. The van der Waals surface area contributed by atoms with Gasteiger partial charge < -0.3 is 15.2 Å². The Morgan fingerprint density at radius 2 is 1.83 bits per heavy atom. The largest absolute Gasteiger partial charge is 0.357 e. The van der Waals surface area contributed by atoms with Gasteiger partial charge in [-0.2, -0.15) is 4.98 Å². The van der Waals surface area contributed by atoms with Gasteiger partial charge >= 0.3 is 0 Å². The van der Waals surface area contributed by atoms with Gasteiger partial charge in [0, 0.05) is 37.8 Å². The predicted octanol–water partition coefficient (Wildman–Crippen LogP) is 3.69. The molecule has 3 rings (SSSR count). The smallest absolute Gasteiger partial charge is 0.257 e. The van der Waals surface area contributed by atoms with E-state index in [1.807, 2.05) is 31.2 Å². The highest BCUT2D eigenvalue weighted by Gasteiger charge is 2.07. The van der Waals surface area contributed by atoms with Crippen LogP contribution in [-0.4, -0.2) is 40.7 Å². The molecule has 0 saturated carbocycles. The molecular formula is C22H27ClN6O. The average molecular weight is 427 g/mol. The molecular weight excluding hydrogens is 400 g/mol. The summed E-state index contributed by atoms with van der Waals surface area (Å²) in [4.78, 5) is 13.1. The van der Waals surface area contributed by atoms with Crippen LogP contribution in [0.4, 0.5) is 0 Å². The molecule has 8 heteroatoms. The lowest BCUT2D eigenvalue weighted by atomic mass is 10.1. The molecule has 0 aliphatic rings. The Kier molecular flexibility index (Phi) is 8.20. The van der Waals surface area contributed by atoms with Crippen molar-refractivity contribution < 1.29 is 4.52 Å². The van der Waals surface area contributed by atoms with Crippen LogP contribution < -0.4 is 10.6 Å². The van der Waals surface area contributed by atoms with Crippen molar-refractivity contribution in [2.45, 2.75) is 33.1 Å². The zero-order valence-electron chi connectivity index (χ0n) is 17.4. The molecule has 2 aromatic heterocycles. The van der Waals surface area contributed by atoms with Crippen molar-refractivity contribution in [2.75, 3.05) is 19.6 Å². The molecule has 0 saturated heterocycles. The van der Waals surface area contributed by atoms with Gasteiger partial charge in [0.1, 0.15) is 5.15 Å². The molecule has 0 aliphatic heterocycles. The number of nitrogens with zero attached hydrogens (tertiary/aromatic N) is 4. The summed E-state index contributed by atoms with van der Waals surface area (Å²) in [7, 11) is 0. The summed E-state index contributed by atoms with van der Waals surface area (Å²) in [6.07, 6.45) is 4.26. The lowest BCUT2D eigenvalue weighted by Crippen LogP contribution is -2.38. The molecule has 0 unspecified atom stereocenters. The number of hydrogen-bond donors (Lipinski definition) is 2. The number of halogens is 1. The van der Waals surface area contributed by atoms with Crippen molar-refractivity contribution in [3.8, 4) is 11.5 Å². The van der Waals surface area contributed by atoms with Crippen molar-refractivity contribution in [3.05, 3.63) is 64.7 Å². The lowest BCUT2D eigenvalue weighted by Gasteiger charge is -2.11. The number of guanidine groups is 1. The van der Waals surface area contributed by atoms with Gasteiger partial charge in [0.25, 0.3) is 5.89 Å². The van der Waals surface area contributed by atoms with Crippen molar-refractivity contribution >= 4 is 17.6 Å². The average Bonchev–Trinajstić information content (AvgIpc) is 3.25. The third-order valence-electron chi connectivity index (χ3n) is 4.49. The maximum Gasteiger partial charge on any atom is 0.257 e. The number of pyridine rings is 1. The second kappa shape index (κ2) is 11.3. The Bertz CT molecular complexity index is 937. The monoisotopic (exact) mass is 426 g/mol. The number of aromatic nitrogens is 3. The molecule has 0 spiro atoms. The maximum atomic E-state index is 5.83. The normalized spacial score (nSPS) is 11.5. The lowest BCUT2D eigenvalue weighted by molar-refractivity contribution is 0.423. The summed E-state index contributed by atoms with van der Waals surface area (Å²) in [6.45, 7) is 6.34. The van der Waals surface area contributed by atoms with E-state index >= 15 is 0 Å². The van der Waals surface area contributed by atoms with Gasteiger partial charge in [0.2, 0.25) is 0 Å². The first-order valence-corrected chi connectivity index (χ1v) is 10.6. The van der Waals surface area contributed by atoms with E-state index < -0.39 is 0 Å². The van der Waals surface area contributed by atoms with Gasteiger partial charge in [0.05, 0.1) is 0 Å². The fourth-order valence-corrected chi connectivity index (χ4v) is 2.96. The summed E-state index contributed by atoms with van der Waals surface area (Å²) in [5.41, 5.74) is 3.28. The Balaban J connectivity index is 1.48. The summed E-state index contributed by atoms with van der Waals surface area (Å²) in [5, 5.41) is 11.1. The van der Waals surface area contributed by atoms with Gasteiger partial charge in [0.15, 0.2) is 11.8 Å². The van der Waals surface area contributed by atoms with Crippen LogP contribution in [-0.2, 0) is 19.3 Å². The van der Waals surface area contributed by atoms with E-state index in [2.05, 4.69) is 49.8 Å². The van der Waals surface area contributed by atoms with Crippen LogP contribution in [0.15, 0.2) is 52.1 Å². The first-order valence-electron chi connectivity index (χ1n) is 10.2. The molecule has 0 aliphatic carbocycles. The van der Waals surface area contributed by atoms with E-state index in [1.165, 1.54) is 5.56 Å². The SMILES string of the molecule is CCNC(=NCCc1ccc(-c2nc(CC)no2)cc1)NCCc1ccc(Cl)nc1. The number of benzene rings is 1. The summed E-state index contributed by atoms with van der Waals surface area (Å²) < 4.78 is 5.29. The highest BCUT2D eigenvalue weighted by atomic mass is 35.5. The molecule has 0 bridgehead atoms. The third-order valence-corrected chi connectivity index (χ3v) is 4.72. The van der Waals surface area contributed by atoms with Gasteiger partial charge in [-0.1, -0.05) is 41.9 Å². The number of rotatable bonds is 9. The van der Waals surface area contributed by atoms with E-state index in [0.717, 1.165) is 55.3 Å². The minimum absolute atomic E-state index is 0.512. The Morgan fingerprint density at radius 3 is 2.50 bits per heavy atom. The first-order chi connectivity index (χ1) is 14.7. The minimum atomic E-state index is 0.512. The summed E-state index contributed by atoms with van der Waals surface area (Å²) in [6, 6.07) is 12.0. The standard InChI is InChI=1S/C22H27ClN6O/c1-3-20-28-21(30-29-20)18-8-5-16(6-9-18)11-13-25-22(24-4-2)26-14-12-17-7-10-19(23)27-15-17/h5-10,15H,3-4,11-14H2,1-2H3,(H2,24,25,26). The summed E-state index contributed by atoms with van der Waals surface area (Å²) in [5.74, 6) is 2.10. The molecule has 0 atom stereocenters. The molecule has 1 aromatic carbocycles. The zero-order valence-corrected chi connectivity index (χ0v) is 18.1. The van der Waals surface area contributed by atoms with E-state index in [1.54, 1.807) is 6.20 Å². The van der Waals surface area contributed by atoms with Crippen molar-refractivity contribution in [1.82, 2.24) is 25.8 Å².